The molecule has 0 aliphatic carbocycles. The molecule has 1 aliphatic heterocycles. The Morgan fingerprint density at radius 3 is 3.00 bits per heavy atom. The molecule has 1 fully saturated rings. The number of carbonyl (C=O) groups excluding carboxylic acids is 1. The molecule has 1 heterocycles. The summed E-state index contributed by atoms with van der Waals surface area (Å²) in [6.07, 6.45) is 0.982. The highest BCUT2D eigenvalue weighted by Crippen LogP contribution is 2.07. The molecule has 2 atom stereocenters. The predicted octanol–water partition coefficient (Wildman–Crippen LogP) is -0.891. The van der Waals surface area contributed by atoms with Gasteiger partial charge in [-0.1, -0.05) is 0 Å². The second-order valence-corrected chi connectivity index (χ2v) is 2.64. The average Bonchev–Trinajstić information content (AvgIpc) is 2.50. The SMILES string of the molecule is CNC1CCNC1C(=O)OC. The first-order valence-corrected chi connectivity index (χ1v) is 3.78. The van der Waals surface area contributed by atoms with Gasteiger partial charge in [-0.15, -0.1) is 0 Å². The Hall–Kier alpha value is -0.610. The quantitative estimate of drug-likeness (QED) is 0.512. The Morgan fingerprint density at radius 1 is 1.73 bits per heavy atom. The van der Waals surface area contributed by atoms with Gasteiger partial charge in [-0.05, 0) is 20.0 Å². The topological polar surface area (TPSA) is 50.4 Å². The van der Waals surface area contributed by atoms with Crippen molar-refractivity contribution in [3.05, 3.63) is 0 Å². The summed E-state index contributed by atoms with van der Waals surface area (Å²) in [6, 6.07) is 0.0625. The number of hydrogen-bond donors (Lipinski definition) is 2. The Labute approximate surface area is 66.3 Å². The molecule has 64 valence electrons. The predicted molar refractivity (Wildman–Crippen MR) is 41.3 cm³/mol. The van der Waals surface area contributed by atoms with Crippen LogP contribution in [0, 0.1) is 0 Å². The standard InChI is InChI=1S/C7H14N2O2/c1-8-5-3-4-9-6(5)7(10)11-2/h5-6,8-9H,3-4H2,1-2H3. The van der Waals surface area contributed by atoms with Crippen molar-refractivity contribution in [2.75, 3.05) is 20.7 Å². The van der Waals surface area contributed by atoms with E-state index in [2.05, 4.69) is 15.4 Å². The van der Waals surface area contributed by atoms with Gasteiger partial charge in [0.1, 0.15) is 6.04 Å². The minimum atomic E-state index is -0.179. The molecule has 2 N–H and O–H groups in total. The maximum absolute atomic E-state index is 11.1. The molecule has 4 nitrogen and oxygen atoms in total. The van der Waals surface area contributed by atoms with E-state index in [-0.39, 0.29) is 18.1 Å². The highest BCUT2D eigenvalue weighted by Gasteiger charge is 2.31. The fourth-order valence-corrected chi connectivity index (χ4v) is 1.39. The number of likely N-dealkylation sites (N-methyl/N-ethyl adjacent to an activating group) is 1. The van der Waals surface area contributed by atoms with Crippen LogP contribution in [0.3, 0.4) is 0 Å². The monoisotopic (exact) mass is 158 g/mol. The van der Waals surface area contributed by atoms with Crippen LogP contribution in [0.2, 0.25) is 0 Å². The van der Waals surface area contributed by atoms with Crippen LogP contribution in [0.1, 0.15) is 6.42 Å². The minimum absolute atomic E-state index is 0.162. The Bertz CT molecular complexity index is 149. The van der Waals surface area contributed by atoms with E-state index in [0.29, 0.717) is 0 Å². The Morgan fingerprint density at radius 2 is 2.45 bits per heavy atom. The van der Waals surface area contributed by atoms with Crippen LogP contribution < -0.4 is 10.6 Å². The van der Waals surface area contributed by atoms with Gasteiger partial charge in [0.15, 0.2) is 0 Å². The van der Waals surface area contributed by atoms with Gasteiger partial charge in [-0.25, -0.2) is 0 Å². The van der Waals surface area contributed by atoms with Gasteiger partial charge in [0, 0.05) is 6.04 Å². The van der Waals surface area contributed by atoms with Crippen molar-refractivity contribution in [1.82, 2.24) is 10.6 Å². The van der Waals surface area contributed by atoms with Crippen molar-refractivity contribution < 1.29 is 9.53 Å². The van der Waals surface area contributed by atoms with Crippen LogP contribution in [0.5, 0.6) is 0 Å². The molecule has 11 heavy (non-hydrogen) atoms. The molecule has 1 rings (SSSR count). The zero-order valence-electron chi connectivity index (χ0n) is 6.89. The van der Waals surface area contributed by atoms with Crippen molar-refractivity contribution in [3.63, 3.8) is 0 Å². The van der Waals surface area contributed by atoms with Gasteiger partial charge < -0.3 is 15.4 Å². The summed E-state index contributed by atoms with van der Waals surface area (Å²) < 4.78 is 4.62. The van der Waals surface area contributed by atoms with Crippen LogP contribution >= 0.6 is 0 Å². The number of carbonyl (C=O) groups is 1. The van der Waals surface area contributed by atoms with E-state index in [1.54, 1.807) is 0 Å². The smallest absolute Gasteiger partial charge is 0.324 e. The first kappa shape index (κ1) is 8.49. The van der Waals surface area contributed by atoms with Crippen molar-refractivity contribution in [1.29, 1.82) is 0 Å². The maximum Gasteiger partial charge on any atom is 0.324 e. The number of rotatable bonds is 2. The molecule has 0 bridgehead atoms. The lowest BCUT2D eigenvalue weighted by molar-refractivity contribution is -0.143. The van der Waals surface area contributed by atoms with Crippen LogP contribution in [0.4, 0.5) is 0 Å². The number of ether oxygens (including phenoxy) is 1. The third kappa shape index (κ3) is 1.70. The maximum atomic E-state index is 11.1. The van der Waals surface area contributed by atoms with Crippen molar-refractivity contribution in [3.8, 4) is 0 Å². The van der Waals surface area contributed by atoms with E-state index < -0.39 is 0 Å². The highest BCUT2D eigenvalue weighted by atomic mass is 16.5. The first-order chi connectivity index (χ1) is 5.29. The van der Waals surface area contributed by atoms with Crippen molar-refractivity contribution in [2.45, 2.75) is 18.5 Å². The molecule has 1 saturated heterocycles. The van der Waals surface area contributed by atoms with Gasteiger partial charge in [0.05, 0.1) is 7.11 Å². The first-order valence-electron chi connectivity index (χ1n) is 3.78. The lowest BCUT2D eigenvalue weighted by Crippen LogP contribution is -2.45. The molecular formula is C7H14N2O2. The fraction of sp³-hybridized carbons (Fsp3) is 0.857. The third-order valence-electron chi connectivity index (χ3n) is 2.05. The molecule has 0 aromatic rings. The van der Waals surface area contributed by atoms with Crippen LogP contribution in [-0.2, 0) is 9.53 Å². The number of methoxy groups -OCH3 is 1. The van der Waals surface area contributed by atoms with Crippen molar-refractivity contribution >= 4 is 5.97 Å². The zero-order valence-corrected chi connectivity index (χ0v) is 6.89. The summed E-state index contributed by atoms with van der Waals surface area (Å²) in [5.74, 6) is -0.179. The molecule has 4 heteroatoms. The van der Waals surface area contributed by atoms with E-state index in [9.17, 15) is 4.79 Å². The van der Waals surface area contributed by atoms with E-state index in [1.807, 2.05) is 7.05 Å². The van der Waals surface area contributed by atoms with E-state index >= 15 is 0 Å². The lowest BCUT2D eigenvalue weighted by atomic mass is 10.1. The Kier molecular flexibility index (Phi) is 2.84. The van der Waals surface area contributed by atoms with Crippen LogP contribution in [-0.4, -0.2) is 38.8 Å². The normalized spacial score (nSPS) is 30.4. The summed E-state index contributed by atoms with van der Waals surface area (Å²) in [6.45, 7) is 0.880. The van der Waals surface area contributed by atoms with Crippen LogP contribution in [0.15, 0.2) is 0 Å². The van der Waals surface area contributed by atoms with Gasteiger partial charge in [0.2, 0.25) is 0 Å². The molecule has 0 amide bonds. The van der Waals surface area contributed by atoms with Gasteiger partial charge in [-0.2, -0.15) is 0 Å². The zero-order chi connectivity index (χ0) is 8.27. The molecule has 0 saturated carbocycles. The molecule has 2 unspecified atom stereocenters. The van der Waals surface area contributed by atoms with Gasteiger partial charge in [-0.3, -0.25) is 4.79 Å². The largest absolute Gasteiger partial charge is 0.468 e. The van der Waals surface area contributed by atoms with Gasteiger partial charge >= 0.3 is 5.97 Å². The Balaban J connectivity index is 2.49. The molecule has 0 aromatic carbocycles. The van der Waals surface area contributed by atoms with Crippen molar-refractivity contribution in [2.24, 2.45) is 0 Å². The molecular weight excluding hydrogens is 144 g/mol. The minimum Gasteiger partial charge on any atom is -0.468 e. The second-order valence-electron chi connectivity index (χ2n) is 2.64. The molecule has 0 spiro atoms. The van der Waals surface area contributed by atoms with E-state index in [4.69, 9.17) is 0 Å². The number of nitrogens with one attached hydrogen (secondary N) is 2. The summed E-state index contributed by atoms with van der Waals surface area (Å²) in [5, 5.41) is 6.14. The fourth-order valence-electron chi connectivity index (χ4n) is 1.39. The summed E-state index contributed by atoms with van der Waals surface area (Å²) in [7, 11) is 3.27. The third-order valence-corrected chi connectivity index (χ3v) is 2.05. The lowest BCUT2D eigenvalue weighted by Gasteiger charge is -2.15. The summed E-state index contributed by atoms with van der Waals surface area (Å²) in [5.41, 5.74) is 0. The van der Waals surface area contributed by atoms with Crippen LogP contribution in [0.25, 0.3) is 0 Å². The summed E-state index contributed by atoms with van der Waals surface area (Å²) >= 11 is 0. The molecule has 0 radical (unpaired) electrons. The number of esters is 1. The van der Waals surface area contributed by atoms with Gasteiger partial charge in [0.25, 0.3) is 0 Å². The second kappa shape index (κ2) is 3.69. The highest BCUT2D eigenvalue weighted by molar-refractivity contribution is 5.77. The number of hydrogen-bond acceptors (Lipinski definition) is 4. The van der Waals surface area contributed by atoms with E-state index in [0.717, 1.165) is 13.0 Å². The average molecular weight is 158 g/mol. The molecule has 0 aromatic heterocycles. The summed E-state index contributed by atoms with van der Waals surface area (Å²) in [4.78, 5) is 11.1. The van der Waals surface area contributed by atoms with E-state index in [1.165, 1.54) is 7.11 Å². The molecule has 1 aliphatic rings.